The van der Waals surface area contributed by atoms with Crippen molar-refractivity contribution in [1.29, 1.82) is 0 Å². The number of aromatic nitrogens is 2. The molecule has 2 aromatic carbocycles. The van der Waals surface area contributed by atoms with Crippen LogP contribution in [-0.2, 0) is 12.7 Å². The van der Waals surface area contributed by atoms with E-state index in [4.69, 9.17) is 28.9 Å². The first-order valence-electron chi connectivity index (χ1n) is 7.96. The van der Waals surface area contributed by atoms with Gasteiger partial charge in [0.15, 0.2) is 11.6 Å². The average Bonchev–Trinajstić information content (AvgIpc) is 2.64. The molecule has 4 N–H and O–H groups in total. The Labute approximate surface area is 168 Å². The van der Waals surface area contributed by atoms with Gasteiger partial charge in [-0.3, -0.25) is 0 Å². The maximum Gasteiger partial charge on any atom is 0.416 e. The Balaban J connectivity index is 1.80. The van der Waals surface area contributed by atoms with Crippen molar-refractivity contribution in [2.24, 2.45) is 0 Å². The van der Waals surface area contributed by atoms with Crippen LogP contribution in [0.5, 0.6) is 0 Å². The number of rotatable bonds is 5. The standard InChI is InChI=1S/C18H14Cl2F3N5/c19-12-4-1-10(2-5-12)8-25-16-15(24)17(27-9-26-16)28-14-7-11(18(21,22)23)3-6-13(14)20/h1-7,9H,8,24H2,(H2,25,26,27,28). The normalized spacial score (nSPS) is 11.3. The molecule has 0 aliphatic rings. The predicted molar refractivity (Wildman–Crippen MR) is 105 cm³/mol. The van der Waals surface area contributed by atoms with Crippen LogP contribution >= 0.6 is 23.2 Å². The molecule has 1 aromatic heterocycles. The molecule has 0 fully saturated rings. The van der Waals surface area contributed by atoms with Crippen molar-refractivity contribution in [3.8, 4) is 0 Å². The Bertz CT molecular complexity index is 978. The molecule has 0 unspecified atom stereocenters. The monoisotopic (exact) mass is 427 g/mol. The van der Waals surface area contributed by atoms with Crippen molar-refractivity contribution < 1.29 is 13.2 Å². The van der Waals surface area contributed by atoms with Gasteiger partial charge < -0.3 is 16.4 Å². The molecule has 28 heavy (non-hydrogen) atoms. The molecule has 0 aliphatic heterocycles. The highest BCUT2D eigenvalue weighted by Crippen LogP contribution is 2.36. The van der Waals surface area contributed by atoms with E-state index in [-0.39, 0.29) is 22.2 Å². The molecular weight excluding hydrogens is 414 g/mol. The van der Waals surface area contributed by atoms with Crippen LogP contribution in [-0.4, -0.2) is 9.97 Å². The topological polar surface area (TPSA) is 75.9 Å². The van der Waals surface area contributed by atoms with Gasteiger partial charge in [0.1, 0.15) is 12.0 Å². The molecule has 0 aliphatic carbocycles. The second-order valence-electron chi connectivity index (χ2n) is 5.78. The lowest BCUT2D eigenvalue weighted by molar-refractivity contribution is -0.137. The lowest BCUT2D eigenvalue weighted by Gasteiger charge is -2.15. The summed E-state index contributed by atoms with van der Waals surface area (Å²) in [5, 5.41) is 6.51. The molecule has 0 amide bonds. The lowest BCUT2D eigenvalue weighted by Crippen LogP contribution is -2.09. The predicted octanol–water partition coefficient (Wildman–Crippen LogP) is 5.74. The molecule has 146 valence electrons. The summed E-state index contributed by atoms with van der Waals surface area (Å²) < 4.78 is 38.8. The largest absolute Gasteiger partial charge is 0.416 e. The van der Waals surface area contributed by atoms with Crippen molar-refractivity contribution in [3.63, 3.8) is 0 Å². The Morgan fingerprint density at radius 1 is 0.964 bits per heavy atom. The van der Waals surface area contributed by atoms with Gasteiger partial charge in [0.05, 0.1) is 16.3 Å². The van der Waals surface area contributed by atoms with Crippen LogP contribution in [0.4, 0.5) is 36.2 Å². The molecule has 1 heterocycles. The SMILES string of the molecule is Nc1c(NCc2ccc(Cl)cc2)ncnc1Nc1cc(C(F)(F)F)ccc1Cl. The number of anilines is 4. The molecule has 5 nitrogen and oxygen atoms in total. The highest BCUT2D eigenvalue weighted by molar-refractivity contribution is 6.33. The summed E-state index contributed by atoms with van der Waals surface area (Å²) >= 11 is 11.9. The molecule has 0 saturated carbocycles. The fourth-order valence-electron chi connectivity index (χ4n) is 2.35. The fraction of sp³-hybridized carbons (Fsp3) is 0.111. The van der Waals surface area contributed by atoms with Crippen LogP contribution in [0.1, 0.15) is 11.1 Å². The van der Waals surface area contributed by atoms with Gasteiger partial charge >= 0.3 is 6.18 Å². The number of nitrogens with zero attached hydrogens (tertiary/aromatic N) is 2. The number of hydrogen-bond acceptors (Lipinski definition) is 5. The number of nitrogen functional groups attached to an aromatic ring is 1. The molecule has 0 radical (unpaired) electrons. The van der Waals surface area contributed by atoms with Crippen LogP contribution < -0.4 is 16.4 Å². The Morgan fingerprint density at radius 3 is 2.32 bits per heavy atom. The number of nitrogens with two attached hydrogens (primary N) is 1. The average molecular weight is 428 g/mol. The highest BCUT2D eigenvalue weighted by atomic mass is 35.5. The second-order valence-corrected chi connectivity index (χ2v) is 6.63. The minimum Gasteiger partial charge on any atom is -0.393 e. The van der Waals surface area contributed by atoms with Gasteiger partial charge in [0, 0.05) is 11.6 Å². The van der Waals surface area contributed by atoms with E-state index < -0.39 is 11.7 Å². The summed E-state index contributed by atoms with van der Waals surface area (Å²) in [5.74, 6) is 0.463. The minimum absolute atomic E-state index is 0.0329. The van der Waals surface area contributed by atoms with Gasteiger partial charge in [-0.15, -0.1) is 0 Å². The molecule has 0 saturated heterocycles. The van der Waals surface area contributed by atoms with Gasteiger partial charge in [0.25, 0.3) is 0 Å². The summed E-state index contributed by atoms with van der Waals surface area (Å²) in [7, 11) is 0. The Morgan fingerprint density at radius 2 is 1.64 bits per heavy atom. The first kappa shape index (κ1) is 20.0. The first-order chi connectivity index (χ1) is 13.2. The van der Waals surface area contributed by atoms with Gasteiger partial charge in [-0.2, -0.15) is 13.2 Å². The van der Waals surface area contributed by atoms with Crippen molar-refractivity contribution in [2.75, 3.05) is 16.4 Å². The third-order valence-electron chi connectivity index (χ3n) is 3.80. The molecular formula is C18H14Cl2F3N5. The zero-order valence-corrected chi connectivity index (χ0v) is 15.7. The number of nitrogens with one attached hydrogen (secondary N) is 2. The maximum atomic E-state index is 12.9. The summed E-state index contributed by atoms with van der Waals surface area (Å²) in [6.07, 6.45) is -3.26. The van der Waals surface area contributed by atoms with Crippen LogP contribution in [0.15, 0.2) is 48.8 Å². The van der Waals surface area contributed by atoms with E-state index in [1.54, 1.807) is 12.1 Å². The number of benzene rings is 2. The van der Waals surface area contributed by atoms with Crippen molar-refractivity contribution in [1.82, 2.24) is 9.97 Å². The van der Waals surface area contributed by atoms with E-state index in [1.165, 1.54) is 6.33 Å². The minimum atomic E-state index is -4.50. The number of hydrogen-bond donors (Lipinski definition) is 3. The van der Waals surface area contributed by atoms with Crippen LogP contribution in [0.2, 0.25) is 10.0 Å². The third kappa shape index (κ3) is 4.76. The van der Waals surface area contributed by atoms with E-state index in [0.717, 1.165) is 23.8 Å². The zero-order chi connectivity index (χ0) is 20.3. The van der Waals surface area contributed by atoms with Crippen molar-refractivity contribution >= 4 is 46.2 Å². The van der Waals surface area contributed by atoms with Gasteiger partial charge in [-0.05, 0) is 35.9 Å². The number of halogens is 5. The van der Waals surface area contributed by atoms with Gasteiger partial charge in [0.2, 0.25) is 0 Å². The van der Waals surface area contributed by atoms with E-state index in [1.807, 2.05) is 12.1 Å². The quantitative estimate of drug-likeness (QED) is 0.483. The smallest absolute Gasteiger partial charge is 0.393 e. The Hall–Kier alpha value is -2.71. The summed E-state index contributed by atoms with van der Waals surface area (Å²) in [6.45, 7) is 0.419. The number of alkyl halides is 3. The molecule has 3 rings (SSSR count). The van der Waals surface area contributed by atoms with Crippen molar-refractivity contribution in [3.05, 3.63) is 70.0 Å². The third-order valence-corrected chi connectivity index (χ3v) is 4.39. The summed E-state index contributed by atoms with van der Waals surface area (Å²) in [4.78, 5) is 8.06. The fourth-order valence-corrected chi connectivity index (χ4v) is 2.64. The summed E-state index contributed by atoms with van der Waals surface area (Å²) in [5.41, 5.74) is 6.34. The van der Waals surface area contributed by atoms with Crippen LogP contribution in [0, 0.1) is 0 Å². The van der Waals surface area contributed by atoms with E-state index >= 15 is 0 Å². The molecule has 0 bridgehead atoms. The Kier molecular flexibility index (Phi) is 5.81. The maximum absolute atomic E-state index is 12.9. The van der Waals surface area contributed by atoms with E-state index in [9.17, 15) is 13.2 Å². The second kappa shape index (κ2) is 8.12. The first-order valence-corrected chi connectivity index (χ1v) is 8.72. The van der Waals surface area contributed by atoms with Gasteiger partial charge in [-0.1, -0.05) is 35.3 Å². The lowest BCUT2D eigenvalue weighted by atomic mass is 10.2. The summed E-state index contributed by atoms with van der Waals surface area (Å²) in [6, 6.07) is 10.1. The molecule has 10 heteroatoms. The van der Waals surface area contributed by atoms with Crippen LogP contribution in [0.3, 0.4) is 0 Å². The van der Waals surface area contributed by atoms with E-state index in [2.05, 4.69) is 20.6 Å². The molecule has 0 atom stereocenters. The van der Waals surface area contributed by atoms with Crippen LogP contribution in [0.25, 0.3) is 0 Å². The van der Waals surface area contributed by atoms with Crippen molar-refractivity contribution in [2.45, 2.75) is 12.7 Å². The van der Waals surface area contributed by atoms with E-state index in [0.29, 0.717) is 17.4 Å². The highest BCUT2D eigenvalue weighted by Gasteiger charge is 2.31. The zero-order valence-electron chi connectivity index (χ0n) is 14.2. The molecule has 0 spiro atoms. The molecule has 3 aromatic rings. The van der Waals surface area contributed by atoms with Gasteiger partial charge in [-0.25, -0.2) is 9.97 Å².